The first kappa shape index (κ1) is 21.6. The second-order valence-electron chi connectivity index (χ2n) is 7.39. The summed E-state index contributed by atoms with van der Waals surface area (Å²) in [6.45, 7) is 0. The molecule has 6 nitrogen and oxygen atoms in total. The van der Waals surface area contributed by atoms with Crippen molar-refractivity contribution in [2.45, 2.75) is 10.9 Å². The predicted molar refractivity (Wildman–Crippen MR) is 127 cm³/mol. The van der Waals surface area contributed by atoms with Crippen LogP contribution >= 0.6 is 11.8 Å². The van der Waals surface area contributed by atoms with Crippen molar-refractivity contribution in [1.82, 2.24) is 19.7 Å². The standard InChI is InChI=1S/C25H24N4O2S/c1-28(2)24(30)19-14-12-18(13-15-19)17-32-25-27-26-23(20-8-7-11-22(16-20)31-3)29(25)21-9-5-4-6-10-21/h4-16H,17H2,1-3H3. The van der Waals surface area contributed by atoms with Crippen molar-refractivity contribution in [2.75, 3.05) is 21.2 Å². The SMILES string of the molecule is COc1cccc(-c2nnc(SCc3ccc(C(=O)N(C)C)cc3)n2-c2ccccc2)c1. The van der Waals surface area contributed by atoms with Gasteiger partial charge in [-0.05, 0) is 42.0 Å². The lowest BCUT2D eigenvalue weighted by atomic mass is 10.1. The Hall–Kier alpha value is -3.58. The molecule has 32 heavy (non-hydrogen) atoms. The molecular formula is C25H24N4O2S. The Morgan fingerprint density at radius 2 is 1.72 bits per heavy atom. The Labute approximate surface area is 191 Å². The van der Waals surface area contributed by atoms with Crippen molar-refractivity contribution >= 4 is 17.7 Å². The van der Waals surface area contributed by atoms with Gasteiger partial charge in [0.2, 0.25) is 0 Å². The molecule has 1 aromatic heterocycles. The van der Waals surface area contributed by atoms with Crippen molar-refractivity contribution in [3.05, 3.63) is 90.0 Å². The Kier molecular flexibility index (Phi) is 6.56. The third-order valence-corrected chi connectivity index (χ3v) is 5.95. The van der Waals surface area contributed by atoms with Crippen LogP contribution in [0.15, 0.2) is 84.0 Å². The number of hydrogen-bond donors (Lipinski definition) is 0. The van der Waals surface area contributed by atoms with E-state index in [4.69, 9.17) is 4.74 Å². The van der Waals surface area contributed by atoms with Gasteiger partial charge in [-0.25, -0.2) is 0 Å². The van der Waals surface area contributed by atoms with Gasteiger partial charge in [0.1, 0.15) is 5.75 Å². The van der Waals surface area contributed by atoms with E-state index in [0.717, 1.165) is 33.5 Å². The summed E-state index contributed by atoms with van der Waals surface area (Å²) in [7, 11) is 5.16. The van der Waals surface area contributed by atoms with Crippen molar-refractivity contribution in [3.63, 3.8) is 0 Å². The Balaban J connectivity index is 1.63. The highest BCUT2D eigenvalue weighted by Gasteiger charge is 2.17. The van der Waals surface area contributed by atoms with Crippen molar-refractivity contribution < 1.29 is 9.53 Å². The average Bonchev–Trinajstić information content (AvgIpc) is 3.27. The Morgan fingerprint density at radius 1 is 0.969 bits per heavy atom. The molecule has 0 atom stereocenters. The van der Waals surface area contributed by atoms with Crippen molar-refractivity contribution in [1.29, 1.82) is 0 Å². The van der Waals surface area contributed by atoms with Gasteiger partial charge in [0, 0.05) is 36.7 Å². The maximum atomic E-state index is 12.1. The zero-order valence-corrected chi connectivity index (χ0v) is 19.0. The van der Waals surface area contributed by atoms with Gasteiger partial charge in [-0.2, -0.15) is 0 Å². The van der Waals surface area contributed by atoms with Crippen molar-refractivity contribution in [3.8, 4) is 22.8 Å². The summed E-state index contributed by atoms with van der Waals surface area (Å²) in [6, 6.07) is 25.6. The van der Waals surface area contributed by atoms with Gasteiger partial charge >= 0.3 is 0 Å². The molecule has 0 aliphatic heterocycles. The fourth-order valence-corrected chi connectivity index (χ4v) is 4.18. The summed E-state index contributed by atoms with van der Waals surface area (Å²) >= 11 is 1.60. The van der Waals surface area contributed by atoms with E-state index in [1.54, 1.807) is 37.9 Å². The number of benzene rings is 3. The van der Waals surface area contributed by atoms with Crippen LogP contribution in [0.1, 0.15) is 15.9 Å². The van der Waals surface area contributed by atoms with Crippen LogP contribution in [0.4, 0.5) is 0 Å². The molecule has 0 spiro atoms. The van der Waals surface area contributed by atoms with Crippen LogP contribution in [0.5, 0.6) is 5.75 Å². The second-order valence-corrected chi connectivity index (χ2v) is 8.34. The highest BCUT2D eigenvalue weighted by atomic mass is 32.2. The second kappa shape index (κ2) is 9.70. The highest BCUT2D eigenvalue weighted by Crippen LogP contribution is 2.31. The summed E-state index contributed by atoms with van der Waals surface area (Å²) in [6.07, 6.45) is 0. The predicted octanol–water partition coefficient (Wildman–Crippen LogP) is 4.94. The highest BCUT2D eigenvalue weighted by molar-refractivity contribution is 7.98. The van der Waals surface area contributed by atoms with E-state index in [0.29, 0.717) is 11.3 Å². The first-order valence-corrected chi connectivity index (χ1v) is 11.1. The number of methoxy groups -OCH3 is 1. The molecule has 3 aromatic carbocycles. The molecule has 0 fully saturated rings. The van der Waals surface area contributed by atoms with Crippen LogP contribution in [0.3, 0.4) is 0 Å². The van der Waals surface area contributed by atoms with Crippen LogP contribution in [-0.2, 0) is 5.75 Å². The molecule has 0 unspecified atom stereocenters. The molecule has 162 valence electrons. The van der Waals surface area contributed by atoms with E-state index in [2.05, 4.69) is 14.8 Å². The maximum Gasteiger partial charge on any atom is 0.253 e. The van der Waals surface area contributed by atoms with E-state index in [-0.39, 0.29) is 5.91 Å². The zero-order valence-electron chi connectivity index (χ0n) is 18.2. The van der Waals surface area contributed by atoms with E-state index < -0.39 is 0 Å². The van der Waals surface area contributed by atoms with Gasteiger partial charge in [-0.3, -0.25) is 9.36 Å². The van der Waals surface area contributed by atoms with Crippen LogP contribution in [0, 0.1) is 0 Å². The van der Waals surface area contributed by atoms with Gasteiger partial charge in [-0.15, -0.1) is 10.2 Å². The monoisotopic (exact) mass is 444 g/mol. The van der Waals surface area contributed by atoms with Gasteiger partial charge in [0.05, 0.1) is 7.11 Å². The molecule has 7 heteroatoms. The number of nitrogens with zero attached hydrogens (tertiary/aromatic N) is 4. The van der Waals surface area contributed by atoms with Gasteiger partial charge in [0.25, 0.3) is 5.91 Å². The molecule has 4 rings (SSSR count). The number of thioether (sulfide) groups is 1. The molecule has 4 aromatic rings. The summed E-state index contributed by atoms with van der Waals surface area (Å²) in [5.74, 6) is 2.23. The topological polar surface area (TPSA) is 60.3 Å². The van der Waals surface area contributed by atoms with E-state index in [9.17, 15) is 4.79 Å². The molecule has 0 aliphatic carbocycles. The number of para-hydroxylation sites is 1. The number of aromatic nitrogens is 3. The van der Waals surface area contributed by atoms with Gasteiger partial charge < -0.3 is 9.64 Å². The van der Waals surface area contributed by atoms with Gasteiger partial charge in [0.15, 0.2) is 11.0 Å². The first-order chi connectivity index (χ1) is 15.6. The van der Waals surface area contributed by atoms with Crippen LogP contribution in [0.25, 0.3) is 17.1 Å². The summed E-state index contributed by atoms with van der Waals surface area (Å²) in [5, 5.41) is 9.77. The van der Waals surface area contributed by atoms with Crippen LogP contribution in [0.2, 0.25) is 0 Å². The minimum absolute atomic E-state index is 0.00375. The molecule has 0 saturated carbocycles. The molecule has 0 aliphatic rings. The zero-order chi connectivity index (χ0) is 22.5. The third kappa shape index (κ3) is 4.68. The smallest absolute Gasteiger partial charge is 0.253 e. The summed E-state index contributed by atoms with van der Waals surface area (Å²) in [4.78, 5) is 13.7. The molecule has 0 N–H and O–H groups in total. The third-order valence-electron chi connectivity index (χ3n) is 4.95. The fourth-order valence-electron chi connectivity index (χ4n) is 3.27. The largest absolute Gasteiger partial charge is 0.497 e. The molecular weight excluding hydrogens is 420 g/mol. The maximum absolute atomic E-state index is 12.1. The Bertz CT molecular complexity index is 1200. The molecule has 0 radical (unpaired) electrons. The van der Waals surface area contributed by atoms with E-state index in [1.807, 2.05) is 78.9 Å². The average molecular weight is 445 g/mol. The van der Waals surface area contributed by atoms with Crippen molar-refractivity contribution in [2.24, 2.45) is 0 Å². The lowest BCUT2D eigenvalue weighted by molar-refractivity contribution is 0.0827. The molecule has 0 bridgehead atoms. The first-order valence-electron chi connectivity index (χ1n) is 10.2. The number of carbonyl (C=O) groups is 1. The lowest BCUT2D eigenvalue weighted by Crippen LogP contribution is -2.21. The number of ether oxygens (including phenoxy) is 1. The minimum atomic E-state index is -0.00375. The fraction of sp³-hybridized carbons (Fsp3) is 0.160. The quantitative estimate of drug-likeness (QED) is 0.378. The molecule has 0 saturated heterocycles. The minimum Gasteiger partial charge on any atom is -0.497 e. The summed E-state index contributed by atoms with van der Waals surface area (Å²) in [5.41, 5.74) is 3.70. The normalized spacial score (nSPS) is 10.7. The molecule has 1 heterocycles. The van der Waals surface area contributed by atoms with Gasteiger partial charge in [-0.1, -0.05) is 54.2 Å². The van der Waals surface area contributed by atoms with E-state index >= 15 is 0 Å². The number of rotatable bonds is 7. The number of carbonyl (C=O) groups excluding carboxylic acids is 1. The lowest BCUT2D eigenvalue weighted by Gasteiger charge is -2.12. The Morgan fingerprint density at radius 3 is 2.41 bits per heavy atom. The summed E-state index contributed by atoms with van der Waals surface area (Å²) < 4.78 is 7.44. The number of hydrogen-bond acceptors (Lipinski definition) is 5. The van der Waals surface area contributed by atoms with E-state index in [1.165, 1.54) is 0 Å². The van der Waals surface area contributed by atoms with Crippen LogP contribution in [-0.4, -0.2) is 46.8 Å². The van der Waals surface area contributed by atoms with Crippen LogP contribution < -0.4 is 4.74 Å². The molecule has 1 amide bonds. The number of amides is 1.